The first-order chi connectivity index (χ1) is 12.3. The number of aromatic nitrogens is 1. The number of likely N-dealkylation sites (tertiary alicyclic amines) is 1. The molecule has 0 radical (unpaired) electrons. The molecule has 1 aromatic heterocycles. The predicted octanol–water partition coefficient (Wildman–Crippen LogP) is 4.59. The zero-order valence-electron chi connectivity index (χ0n) is 14.7. The van der Waals surface area contributed by atoms with Crippen molar-refractivity contribution in [2.45, 2.75) is 32.4 Å². The van der Waals surface area contributed by atoms with Crippen molar-refractivity contribution in [2.24, 2.45) is 0 Å². The Hall–Kier alpha value is -2.39. The number of nitrogens with zero attached hydrogens (tertiary/aromatic N) is 2. The van der Waals surface area contributed by atoms with Crippen LogP contribution in [0.3, 0.4) is 0 Å². The van der Waals surface area contributed by atoms with Gasteiger partial charge in [0.2, 0.25) is 0 Å². The molecule has 3 heteroatoms. The zero-order valence-corrected chi connectivity index (χ0v) is 14.7. The van der Waals surface area contributed by atoms with E-state index in [9.17, 15) is 0 Å². The first-order valence-electron chi connectivity index (χ1n) is 9.07. The Balaban J connectivity index is 1.41. The fourth-order valence-electron chi connectivity index (χ4n) is 3.57. The lowest BCUT2D eigenvalue weighted by Gasteiger charge is -2.32. The molecule has 128 valence electrons. The summed E-state index contributed by atoms with van der Waals surface area (Å²) in [6.45, 7) is 5.23. The maximum Gasteiger partial charge on any atom is 0.130 e. The minimum atomic E-state index is 0.289. The van der Waals surface area contributed by atoms with E-state index >= 15 is 0 Å². The molecule has 1 saturated heterocycles. The average Bonchev–Trinajstić information content (AvgIpc) is 2.64. The van der Waals surface area contributed by atoms with E-state index in [1.54, 1.807) is 0 Å². The molecule has 0 unspecified atom stereocenters. The van der Waals surface area contributed by atoms with Crippen molar-refractivity contribution in [1.82, 2.24) is 9.88 Å². The summed E-state index contributed by atoms with van der Waals surface area (Å²) in [5.74, 6) is 0.976. The Morgan fingerprint density at radius 3 is 2.52 bits per heavy atom. The zero-order chi connectivity index (χ0) is 17.1. The highest BCUT2D eigenvalue weighted by atomic mass is 16.5. The Kier molecular flexibility index (Phi) is 4.66. The van der Waals surface area contributed by atoms with Crippen LogP contribution >= 0.6 is 0 Å². The normalized spacial score (nSPS) is 16.2. The highest BCUT2D eigenvalue weighted by Gasteiger charge is 2.21. The molecule has 0 bridgehead atoms. The third kappa shape index (κ3) is 3.83. The smallest absolute Gasteiger partial charge is 0.130 e. The molecule has 0 N–H and O–H groups in total. The van der Waals surface area contributed by atoms with Crippen LogP contribution in [0, 0.1) is 6.92 Å². The van der Waals surface area contributed by atoms with E-state index in [-0.39, 0.29) is 6.10 Å². The summed E-state index contributed by atoms with van der Waals surface area (Å²) in [6, 6.07) is 21.0. The molecule has 0 aliphatic carbocycles. The van der Waals surface area contributed by atoms with E-state index in [1.807, 2.05) is 13.0 Å². The van der Waals surface area contributed by atoms with Crippen LogP contribution in [0.4, 0.5) is 0 Å². The summed E-state index contributed by atoms with van der Waals surface area (Å²) < 4.78 is 6.38. The highest BCUT2D eigenvalue weighted by Crippen LogP contribution is 2.28. The Bertz CT molecular complexity index is 839. The molecular formula is C22H24N2O. The van der Waals surface area contributed by atoms with E-state index in [2.05, 4.69) is 64.5 Å². The Labute approximate surface area is 149 Å². The van der Waals surface area contributed by atoms with Crippen molar-refractivity contribution < 1.29 is 4.74 Å². The lowest BCUT2D eigenvalue weighted by atomic mass is 10.1. The van der Waals surface area contributed by atoms with Crippen LogP contribution in [0.25, 0.3) is 10.9 Å². The first kappa shape index (κ1) is 16.1. The quantitative estimate of drug-likeness (QED) is 0.699. The molecule has 0 spiro atoms. The van der Waals surface area contributed by atoms with Crippen LogP contribution in [-0.4, -0.2) is 29.1 Å². The predicted molar refractivity (Wildman–Crippen MR) is 102 cm³/mol. The number of ether oxygens (including phenoxy) is 1. The van der Waals surface area contributed by atoms with Gasteiger partial charge in [-0.1, -0.05) is 42.5 Å². The van der Waals surface area contributed by atoms with Crippen LogP contribution in [0.5, 0.6) is 5.75 Å². The Morgan fingerprint density at radius 1 is 1.00 bits per heavy atom. The van der Waals surface area contributed by atoms with Gasteiger partial charge in [0, 0.05) is 36.8 Å². The molecule has 2 heterocycles. The Morgan fingerprint density at radius 2 is 1.72 bits per heavy atom. The van der Waals surface area contributed by atoms with Crippen molar-refractivity contribution in [3.63, 3.8) is 0 Å². The van der Waals surface area contributed by atoms with Crippen molar-refractivity contribution >= 4 is 10.9 Å². The summed E-state index contributed by atoms with van der Waals surface area (Å²) >= 11 is 0. The number of hydrogen-bond acceptors (Lipinski definition) is 3. The second kappa shape index (κ2) is 7.24. The van der Waals surface area contributed by atoms with Crippen LogP contribution in [0.2, 0.25) is 0 Å². The lowest BCUT2D eigenvalue weighted by Crippen LogP contribution is -2.37. The molecule has 0 amide bonds. The fraction of sp³-hybridized carbons (Fsp3) is 0.318. The number of piperidine rings is 1. The molecule has 3 nitrogen and oxygen atoms in total. The number of pyridine rings is 1. The second-order valence-corrected chi connectivity index (χ2v) is 6.86. The molecule has 1 aliphatic heterocycles. The van der Waals surface area contributed by atoms with Gasteiger partial charge in [-0.2, -0.15) is 0 Å². The van der Waals surface area contributed by atoms with Crippen molar-refractivity contribution in [3.8, 4) is 5.75 Å². The molecular weight excluding hydrogens is 308 g/mol. The lowest BCUT2D eigenvalue weighted by molar-refractivity contribution is 0.0979. The van der Waals surface area contributed by atoms with Gasteiger partial charge in [-0.25, -0.2) is 0 Å². The van der Waals surface area contributed by atoms with Crippen LogP contribution < -0.4 is 4.74 Å². The third-order valence-corrected chi connectivity index (χ3v) is 4.88. The van der Waals surface area contributed by atoms with E-state index in [4.69, 9.17) is 4.74 Å². The SMILES string of the molecule is Cc1cc(OC2CCN(Cc3ccccc3)CC2)c2ccccc2n1. The van der Waals surface area contributed by atoms with Crippen LogP contribution in [0.1, 0.15) is 24.1 Å². The number of rotatable bonds is 4. The molecule has 1 aliphatic rings. The summed E-state index contributed by atoms with van der Waals surface area (Å²) in [4.78, 5) is 7.12. The van der Waals surface area contributed by atoms with E-state index in [0.29, 0.717) is 0 Å². The number of aryl methyl sites for hydroxylation is 1. The van der Waals surface area contributed by atoms with Gasteiger partial charge in [0.05, 0.1) is 5.52 Å². The number of fused-ring (bicyclic) bond motifs is 1. The number of hydrogen-bond donors (Lipinski definition) is 0. The molecule has 3 aromatic rings. The minimum Gasteiger partial charge on any atom is -0.490 e. The van der Waals surface area contributed by atoms with E-state index < -0.39 is 0 Å². The van der Waals surface area contributed by atoms with Gasteiger partial charge >= 0.3 is 0 Å². The molecule has 1 fully saturated rings. The standard InChI is InChI=1S/C22H24N2O/c1-17-15-22(20-9-5-6-10-21(20)23-17)25-19-11-13-24(14-12-19)16-18-7-3-2-4-8-18/h2-10,15,19H,11-14,16H2,1H3. The number of benzene rings is 2. The monoisotopic (exact) mass is 332 g/mol. The summed E-state index contributed by atoms with van der Waals surface area (Å²) in [7, 11) is 0. The van der Waals surface area contributed by atoms with Gasteiger partial charge < -0.3 is 4.74 Å². The average molecular weight is 332 g/mol. The maximum absolute atomic E-state index is 6.38. The third-order valence-electron chi connectivity index (χ3n) is 4.88. The summed E-state index contributed by atoms with van der Waals surface area (Å²) in [6.07, 6.45) is 2.43. The van der Waals surface area contributed by atoms with Crippen LogP contribution in [0.15, 0.2) is 60.7 Å². The molecule has 0 saturated carbocycles. The van der Waals surface area contributed by atoms with E-state index in [1.165, 1.54) is 5.56 Å². The van der Waals surface area contributed by atoms with Gasteiger partial charge in [0.25, 0.3) is 0 Å². The van der Waals surface area contributed by atoms with Gasteiger partial charge in [0.15, 0.2) is 0 Å². The van der Waals surface area contributed by atoms with Gasteiger partial charge in [0.1, 0.15) is 11.9 Å². The summed E-state index contributed by atoms with van der Waals surface area (Å²) in [5.41, 5.74) is 3.41. The minimum absolute atomic E-state index is 0.289. The molecule has 0 atom stereocenters. The van der Waals surface area contributed by atoms with E-state index in [0.717, 1.165) is 54.8 Å². The fourth-order valence-corrected chi connectivity index (χ4v) is 3.57. The van der Waals surface area contributed by atoms with Gasteiger partial charge in [-0.15, -0.1) is 0 Å². The molecule has 2 aromatic carbocycles. The largest absolute Gasteiger partial charge is 0.490 e. The van der Waals surface area contributed by atoms with Gasteiger partial charge in [-0.05, 0) is 37.5 Å². The topological polar surface area (TPSA) is 25.4 Å². The van der Waals surface area contributed by atoms with Crippen molar-refractivity contribution in [3.05, 3.63) is 71.9 Å². The molecule has 4 rings (SSSR count). The van der Waals surface area contributed by atoms with Crippen LogP contribution in [-0.2, 0) is 6.54 Å². The first-order valence-corrected chi connectivity index (χ1v) is 9.07. The highest BCUT2D eigenvalue weighted by molar-refractivity contribution is 5.85. The maximum atomic E-state index is 6.38. The van der Waals surface area contributed by atoms with Crippen molar-refractivity contribution in [2.75, 3.05) is 13.1 Å². The number of para-hydroxylation sites is 1. The molecule has 25 heavy (non-hydrogen) atoms. The second-order valence-electron chi connectivity index (χ2n) is 6.86. The van der Waals surface area contributed by atoms with Gasteiger partial charge in [-0.3, -0.25) is 9.88 Å². The summed E-state index contributed by atoms with van der Waals surface area (Å²) in [5, 5.41) is 1.11. The van der Waals surface area contributed by atoms with Crippen molar-refractivity contribution in [1.29, 1.82) is 0 Å².